The zero-order chi connectivity index (χ0) is 15.7. The molecule has 1 amide bonds. The Morgan fingerprint density at radius 1 is 1.55 bits per heavy atom. The van der Waals surface area contributed by atoms with Crippen LogP contribution in [0.2, 0.25) is 0 Å². The second-order valence-electron chi connectivity index (χ2n) is 5.08. The number of allylic oxidation sites excluding steroid dienone is 1. The van der Waals surface area contributed by atoms with E-state index < -0.39 is 5.91 Å². The van der Waals surface area contributed by atoms with E-state index in [9.17, 15) is 9.90 Å². The maximum absolute atomic E-state index is 11.5. The lowest BCUT2D eigenvalue weighted by molar-refractivity contribution is -0.111. The molecule has 0 aromatic carbocycles. The highest BCUT2D eigenvalue weighted by Crippen LogP contribution is 2.31. The number of nitrogen functional groups attached to an aromatic ring is 1. The van der Waals surface area contributed by atoms with Crippen LogP contribution in [0.25, 0.3) is 11.2 Å². The predicted molar refractivity (Wildman–Crippen MR) is 81.9 cm³/mol. The molecule has 0 bridgehead atoms. The lowest BCUT2D eigenvalue weighted by Gasteiger charge is -2.13. The first-order valence-corrected chi connectivity index (χ1v) is 6.85. The van der Waals surface area contributed by atoms with Crippen LogP contribution in [-0.2, 0) is 4.79 Å². The number of anilines is 2. The van der Waals surface area contributed by atoms with E-state index >= 15 is 0 Å². The highest BCUT2D eigenvalue weighted by Gasteiger charge is 2.23. The smallest absolute Gasteiger partial charge is 0.248 e. The Balaban J connectivity index is 2.02. The number of amides is 1. The highest BCUT2D eigenvalue weighted by atomic mass is 16.3. The molecule has 1 aliphatic carbocycles. The van der Waals surface area contributed by atoms with Crippen molar-refractivity contribution in [3.63, 3.8) is 0 Å². The Hall–Kier alpha value is -2.74. The molecule has 0 saturated carbocycles. The van der Waals surface area contributed by atoms with Gasteiger partial charge in [0.2, 0.25) is 11.9 Å². The summed E-state index contributed by atoms with van der Waals surface area (Å²) in [6.45, 7) is 3.51. The number of aliphatic hydroxyl groups is 1. The first-order valence-electron chi connectivity index (χ1n) is 6.85. The molecule has 0 aliphatic heterocycles. The minimum absolute atomic E-state index is 0.0411. The van der Waals surface area contributed by atoms with Crippen LogP contribution < -0.4 is 11.1 Å². The van der Waals surface area contributed by atoms with E-state index in [4.69, 9.17) is 5.73 Å². The van der Waals surface area contributed by atoms with Crippen molar-refractivity contribution in [1.29, 1.82) is 0 Å². The zero-order valence-electron chi connectivity index (χ0n) is 11.8. The minimum atomic E-state index is -0.393. The first kappa shape index (κ1) is 14.2. The third kappa shape index (κ3) is 2.44. The van der Waals surface area contributed by atoms with Gasteiger partial charge in [-0.15, -0.1) is 0 Å². The SMILES string of the molecule is C=CC(=O)Nc1nc(N)nc2c1ncn2[C@H]1C=CC(CO)C1. The van der Waals surface area contributed by atoms with E-state index in [1.807, 2.05) is 16.7 Å². The molecule has 2 aromatic rings. The summed E-state index contributed by atoms with van der Waals surface area (Å²) in [4.78, 5) is 24.0. The van der Waals surface area contributed by atoms with Crippen molar-refractivity contribution in [2.75, 3.05) is 17.7 Å². The summed E-state index contributed by atoms with van der Waals surface area (Å²) in [5.74, 6) is 0.0396. The maximum atomic E-state index is 11.5. The Labute approximate surface area is 126 Å². The quantitative estimate of drug-likeness (QED) is 0.563. The summed E-state index contributed by atoms with van der Waals surface area (Å²) in [6, 6.07) is 0.0411. The number of nitrogens with two attached hydrogens (primary N) is 1. The number of carbonyl (C=O) groups excluding carboxylic acids is 1. The van der Waals surface area contributed by atoms with E-state index in [-0.39, 0.29) is 30.3 Å². The van der Waals surface area contributed by atoms with Crippen molar-refractivity contribution in [1.82, 2.24) is 19.5 Å². The fourth-order valence-corrected chi connectivity index (χ4v) is 2.53. The molecule has 4 N–H and O–H groups in total. The topological polar surface area (TPSA) is 119 Å². The summed E-state index contributed by atoms with van der Waals surface area (Å²) < 4.78 is 1.86. The summed E-state index contributed by atoms with van der Waals surface area (Å²) in [6.07, 6.45) is 7.52. The largest absolute Gasteiger partial charge is 0.396 e. The third-order valence-electron chi connectivity index (χ3n) is 3.61. The molecule has 2 heterocycles. The molecule has 3 rings (SSSR count). The van der Waals surface area contributed by atoms with Gasteiger partial charge in [0.1, 0.15) is 0 Å². The molecule has 1 unspecified atom stereocenters. The van der Waals surface area contributed by atoms with Crippen molar-refractivity contribution in [3.8, 4) is 0 Å². The van der Waals surface area contributed by atoms with Crippen LogP contribution in [0.4, 0.5) is 11.8 Å². The minimum Gasteiger partial charge on any atom is -0.396 e. The summed E-state index contributed by atoms with van der Waals surface area (Å²) in [5.41, 5.74) is 6.73. The van der Waals surface area contributed by atoms with Gasteiger partial charge in [-0.25, -0.2) is 4.98 Å². The maximum Gasteiger partial charge on any atom is 0.248 e. The fourth-order valence-electron chi connectivity index (χ4n) is 2.53. The molecule has 0 radical (unpaired) electrons. The number of hydrogen-bond acceptors (Lipinski definition) is 6. The van der Waals surface area contributed by atoms with Gasteiger partial charge in [0.05, 0.1) is 12.4 Å². The van der Waals surface area contributed by atoms with Crippen LogP contribution in [0, 0.1) is 5.92 Å². The van der Waals surface area contributed by atoms with E-state index in [0.29, 0.717) is 11.2 Å². The molecule has 114 valence electrons. The van der Waals surface area contributed by atoms with Gasteiger partial charge in [-0.1, -0.05) is 18.7 Å². The number of aromatic nitrogens is 4. The Morgan fingerprint density at radius 3 is 3.05 bits per heavy atom. The lowest BCUT2D eigenvalue weighted by Crippen LogP contribution is -2.12. The second kappa shape index (κ2) is 5.57. The molecule has 0 spiro atoms. The number of rotatable bonds is 4. The van der Waals surface area contributed by atoms with Crippen LogP contribution >= 0.6 is 0 Å². The summed E-state index contributed by atoms with van der Waals surface area (Å²) in [5, 5.41) is 11.8. The van der Waals surface area contributed by atoms with E-state index in [0.717, 1.165) is 12.5 Å². The van der Waals surface area contributed by atoms with Crippen molar-refractivity contribution in [2.24, 2.45) is 5.92 Å². The van der Waals surface area contributed by atoms with Crippen molar-refractivity contribution in [2.45, 2.75) is 12.5 Å². The number of hydrogen-bond donors (Lipinski definition) is 3. The molecule has 2 aromatic heterocycles. The van der Waals surface area contributed by atoms with Gasteiger partial charge in [0.25, 0.3) is 0 Å². The second-order valence-corrected chi connectivity index (χ2v) is 5.08. The molecule has 1 aliphatic rings. The number of carbonyl (C=O) groups is 1. The number of nitrogens with one attached hydrogen (secondary N) is 1. The molecular formula is C14H16N6O2. The lowest BCUT2D eigenvalue weighted by atomic mass is 10.1. The number of imidazole rings is 1. The first-order chi connectivity index (χ1) is 10.6. The molecule has 22 heavy (non-hydrogen) atoms. The zero-order valence-corrected chi connectivity index (χ0v) is 11.8. The highest BCUT2D eigenvalue weighted by molar-refractivity contribution is 6.02. The van der Waals surface area contributed by atoms with Crippen molar-refractivity contribution in [3.05, 3.63) is 31.1 Å². The molecule has 0 fully saturated rings. The average Bonchev–Trinajstić information content (AvgIpc) is 3.12. The van der Waals surface area contributed by atoms with E-state index in [1.54, 1.807) is 6.33 Å². The van der Waals surface area contributed by atoms with Crippen LogP contribution in [0.15, 0.2) is 31.1 Å². The molecule has 8 heteroatoms. The van der Waals surface area contributed by atoms with Crippen LogP contribution in [-0.4, -0.2) is 37.1 Å². The molecule has 2 atom stereocenters. The van der Waals surface area contributed by atoms with Gasteiger partial charge in [0, 0.05) is 12.5 Å². The standard InChI is InChI=1S/C14H16N6O2/c1-2-10(22)17-12-11-13(19-14(15)18-12)20(7-16-11)9-4-3-8(5-9)6-21/h2-4,7-9,21H,1,5-6H2,(H3,15,17,18,19,22)/t8?,9-/m0/s1. The van der Waals surface area contributed by atoms with E-state index in [2.05, 4.69) is 26.8 Å². The van der Waals surface area contributed by atoms with E-state index in [1.165, 1.54) is 0 Å². The Morgan fingerprint density at radius 2 is 2.36 bits per heavy atom. The number of aliphatic hydroxyl groups excluding tert-OH is 1. The van der Waals surface area contributed by atoms with Gasteiger partial charge in [-0.05, 0) is 12.5 Å². The van der Waals surface area contributed by atoms with Crippen molar-refractivity contribution >= 4 is 28.8 Å². The van der Waals surface area contributed by atoms with Gasteiger partial charge in [-0.2, -0.15) is 9.97 Å². The van der Waals surface area contributed by atoms with Crippen LogP contribution in [0.5, 0.6) is 0 Å². The summed E-state index contributed by atoms with van der Waals surface area (Å²) in [7, 11) is 0. The van der Waals surface area contributed by atoms with Gasteiger partial charge in [0.15, 0.2) is 17.0 Å². The molecule has 8 nitrogen and oxygen atoms in total. The number of fused-ring (bicyclic) bond motifs is 1. The van der Waals surface area contributed by atoms with Gasteiger partial charge in [-0.3, -0.25) is 4.79 Å². The summed E-state index contributed by atoms with van der Waals surface area (Å²) >= 11 is 0. The fraction of sp³-hybridized carbons (Fsp3) is 0.286. The van der Waals surface area contributed by atoms with Gasteiger partial charge < -0.3 is 20.7 Å². The normalized spacial score (nSPS) is 20.4. The van der Waals surface area contributed by atoms with Crippen LogP contribution in [0.3, 0.4) is 0 Å². The Kier molecular flexibility index (Phi) is 3.60. The van der Waals surface area contributed by atoms with Crippen molar-refractivity contribution < 1.29 is 9.90 Å². The average molecular weight is 300 g/mol. The number of nitrogens with zero attached hydrogens (tertiary/aromatic N) is 4. The third-order valence-corrected chi connectivity index (χ3v) is 3.61. The predicted octanol–water partition coefficient (Wildman–Crippen LogP) is 0.642. The van der Waals surface area contributed by atoms with Crippen LogP contribution in [0.1, 0.15) is 12.5 Å². The van der Waals surface area contributed by atoms with Gasteiger partial charge >= 0.3 is 0 Å². The molecule has 0 saturated heterocycles. The monoisotopic (exact) mass is 300 g/mol. The Bertz CT molecular complexity index is 766. The molecular weight excluding hydrogens is 284 g/mol.